The van der Waals surface area contributed by atoms with Crippen LogP contribution in [0.25, 0.3) is 11.1 Å². The molecule has 1 amide bonds. The van der Waals surface area contributed by atoms with Gasteiger partial charge in [0, 0.05) is 11.3 Å². The Bertz CT molecular complexity index is 1140. The van der Waals surface area contributed by atoms with Crippen molar-refractivity contribution in [3.05, 3.63) is 83.4 Å². The second-order valence-electron chi connectivity index (χ2n) is 7.39. The molecular weight excluding hydrogens is 450 g/mol. The molecule has 0 aliphatic heterocycles. The third-order valence-corrected chi connectivity index (χ3v) is 6.20. The molecule has 0 aliphatic rings. The van der Waals surface area contributed by atoms with E-state index in [2.05, 4.69) is 5.32 Å². The molecule has 0 bridgehead atoms. The molecule has 6 nitrogen and oxygen atoms in total. The van der Waals surface area contributed by atoms with Crippen LogP contribution >= 0.6 is 11.6 Å². The number of amides is 1. The van der Waals surface area contributed by atoms with Crippen molar-refractivity contribution < 1.29 is 23.1 Å². The highest BCUT2D eigenvalue weighted by molar-refractivity contribution is 7.90. The lowest BCUT2D eigenvalue weighted by Crippen LogP contribution is -2.41. The summed E-state index contributed by atoms with van der Waals surface area (Å²) in [7, 11) is -3.23. The molecule has 0 saturated heterocycles. The lowest BCUT2D eigenvalue weighted by molar-refractivity contribution is -0.124. The predicted molar refractivity (Wildman–Crippen MR) is 125 cm³/mol. The number of benzene rings is 3. The maximum absolute atomic E-state index is 12.2. The number of carbonyl (C=O) groups excluding carboxylic acids is 1. The average Bonchev–Trinajstić information content (AvgIpc) is 2.78. The highest BCUT2D eigenvalue weighted by atomic mass is 35.5. The van der Waals surface area contributed by atoms with Crippen molar-refractivity contribution in [3.8, 4) is 16.9 Å². The molecule has 3 rings (SSSR count). The summed E-state index contributed by atoms with van der Waals surface area (Å²) in [6.07, 6.45) is 1.63. The minimum Gasteiger partial charge on any atom is -0.484 e. The summed E-state index contributed by atoms with van der Waals surface area (Å²) in [5, 5.41) is 13.0. The summed E-state index contributed by atoms with van der Waals surface area (Å²) in [6, 6.07) is 20.6. The molecule has 32 heavy (non-hydrogen) atoms. The number of ether oxygens (including phenoxy) is 1. The number of nitrogens with one attached hydrogen (secondary N) is 1. The molecule has 0 saturated carbocycles. The van der Waals surface area contributed by atoms with Crippen molar-refractivity contribution in [3.63, 3.8) is 0 Å². The maximum Gasteiger partial charge on any atom is 0.258 e. The Balaban J connectivity index is 1.55. The topological polar surface area (TPSA) is 92.7 Å². The third kappa shape index (κ3) is 6.82. The first-order valence-electron chi connectivity index (χ1n) is 9.92. The van der Waals surface area contributed by atoms with Crippen LogP contribution in [0.5, 0.6) is 5.75 Å². The largest absolute Gasteiger partial charge is 0.484 e. The van der Waals surface area contributed by atoms with Crippen LogP contribution in [0.4, 0.5) is 0 Å². The number of aliphatic hydroxyl groups excluding tert-OH is 1. The smallest absolute Gasteiger partial charge is 0.258 e. The number of carbonyl (C=O) groups is 1. The Hall–Kier alpha value is -2.87. The van der Waals surface area contributed by atoms with Crippen LogP contribution < -0.4 is 10.1 Å². The molecule has 0 unspecified atom stereocenters. The predicted octanol–water partition coefficient (Wildman–Crippen LogP) is 3.51. The standard InChI is InChI=1S/C24H24ClNO5S/c1-32(29,30)23-12-6-19(7-13-23)18-4-2-17(3-5-18)14-21(15-27)26-24(28)16-31-22-10-8-20(25)9-11-22/h2-13,21,27H,14-16H2,1H3,(H,26,28)/t21-/m0/s1. The van der Waals surface area contributed by atoms with Gasteiger partial charge in [0.15, 0.2) is 16.4 Å². The summed E-state index contributed by atoms with van der Waals surface area (Å²) >= 11 is 5.82. The van der Waals surface area contributed by atoms with E-state index < -0.39 is 15.9 Å². The number of hydrogen-bond acceptors (Lipinski definition) is 5. The van der Waals surface area contributed by atoms with Gasteiger partial charge in [-0.25, -0.2) is 8.42 Å². The fourth-order valence-corrected chi connectivity index (χ4v) is 3.88. The number of halogens is 1. The first kappa shape index (κ1) is 23.8. The summed E-state index contributed by atoms with van der Waals surface area (Å²) in [6.45, 7) is -0.373. The Kier molecular flexibility index (Phi) is 7.90. The van der Waals surface area contributed by atoms with E-state index in [0.29, 0.717) is 17.2 Å². The molecule has 1 atom stereocenters. The van der Waals surface area contributed by atoms with Gasteiger partial charge >= 0.3 is 0 Å². The Morgan fingerprint density at radius 2 is 1.53 bits per heavy atom. The van der Waals surface area contributed by atoms with Crippen molar-refractivity contribution in [2.75, 3.05) is 19.5 Å². The molecule has 3 aromatic carbocycles. The van der Waals surface area contributed by atoms with E-state index in [4.69, 9.17) is 16.3 Å². The molecule has 168 valence electrons. The minimum absolute atomic E-state index is 0.166. The van der Waals surface area contributed by atoms with Crippen molar-refractivity contribution in [2.45, 2.75) is 17.4 Å². The van der Waals surface area contributed by atoms with Gasteiger partial charge in [-0.15, -0.1) is 0 Å². The van der Waals surface area contributed by atoms with Crippen molar-refractivity contribution in [1.29, 1.82) is 0 Å². The Morgan fingerprint density at radius 3 is 2.06 bits per heavy atom. The summed E-state index contributed by atoms with van der Waals surface area (Å²) < 4.78 is 28.6. The molecular formula is C24H24ClNO5S. The van der Waals surface area contributed by atoms with Crippen molar-refractivity contribution in [2.24, 2.45) is 0 Å². The Labute approximate surface area is 192 Å². The first-order valence-corrected chi connectivity index (χ1v) is 12.2. The number of aliphatic hydroxyl groups is 1. The van der Waals surface area contributed by atoms with E-state index in [-0.39, 0.29) is 24.0 Å². The first-order chi connectivity index (χ1) is 15.2. The van der Waals surface area contributed by atoms with Gasteiger partial charge in [-0.3, -0.25) is 4.79 Å². The zero-order chi connectivity index (χ0) is 23.1. The van der Waals surface area contributed by atoms with Crippen molar-refractivity contribution in [1.82, 2.24) is 5.32 Å². The number of hydrogen-bond donors (Lipinski definition) is 2. The quantitative estimate of drug-likeness (QED) is 0.496. The van der Waals surface area contributed by atoms with Crippen LogP contribution in [0.1, 0.15) is 5.56 Å². The average molecular weight is 474 g/mol. The van der Waals surface area contributed by atoms with Gasteiger partial charge in [-0.1, -0.05) is 48.0 Å². The fraction of sp³-hybridized carbons (Fsp3) is 0.208. The van der Waals surface area contributed by atoms with E-state index in [1.54, 1.807) is 48.5 Å². The minimum atomic E-state index is -3.23. The third-order valence-electron chi connectivity index (χ3n) is 4.82. The van der Waals surface area contributed by atoms with Gasteiger partial charge in [0.05, 0.1) is 17.5 Å². The summed E-state index contributed by atoms with van der Waals surface area (Å²) in [5.74, 6) is 0.201. The molecule has 0 spiro atoms. The van der Waals surface area contributed by atoms with Gasteiger partial charge in [0.1, 0.15) is 5.75 Å². The van der Waals surface area contributed by atoms with Crippen LogP contribution in [0, 0.1) is 0 Å². The summed E-state index contributed by atoms with van der Waals surface area (Å²) in [5.41, 5.74) is 2.78. The Morgan fingerprint density at radius 1 is 0.969 bits per heavy atom. The monoisotopic (exact) mass is 473 g/mol. The van der Waals surface area contributed by atoms with Crippen LogP contribution in [0.15, 0.2) is 77.7 Å². The molecule has 0 radical (unpaired) electrons. The van der Waals surface area contributed by atoms with E-state index in [1.807, 2.05) is 24.3 Å². The molecule has 0 heterocycles. The second-order valence-corrected chi connectivity index (χ2v) is 9.84. The second kappa shape index (κ2) is 10.6. The van der Waals surface area contributed by atoms with E-state index >= 15 is 0 Å². The zero-order valence-electron chi connectivity index (χ0n) is 17.5. The van der Waals surface area contributed by atoms with Gasteiger partial charge < -0.3 is 15.2 Å². The van der Waals surface area contributed by atoms with E-state index in [9.17, 15) is 18.3 Å². The normalized spacial score (nSPS) is 12.2. The van der Waals surface area contributed by atoms with E-state index in [1.165, 1.54) is 6.26 Å². The highest BCUT2D eigenvalue weighted by Crippen LogP contribution is 2.22. The lowest BCUT2D eigenvalue weighted by Gasteiger charge is -2.17. The molecule has 2 N–H and O–H groups in total. The van der Waals surface area contributed by atoms with Crippen LogP contribution in [0.2, 0.25) is 5.02 Å². The van der Waals surface area contributed by atoms with Gasteiger partial charge in [0.2, 0.25) is 0 Å². The molecule has 0 fully saturated rings. The van der Waals surface area contributed by atoms with E-state index in [0.717, 1.165) is 16.7 Å². The molecule has 8 heteroatoms. The van der Waals surface area contributed by atoms with Gasteiger partial charge in [-0.2, -0.15) is 0 Å². The van der Waals surface area contributed by atoms with Crippen LogP contribution in [-0.2, 0) is 21.1 Å². The summed E-state index contributed by atoms with van der Waals surface area (Å²) in [4.78, 5) is 12.4. The fourth-order valence-electron chi connectivity index (χ4n) is 3.12. The number of rotatable bonds is 9. The van der Waals surface area contributed by atoms with Gasteiger partial charge in [0.25, 0.3) is 5.91 Å². The van der Waals surface area contributed by atoms with Gasteiger partial charge in [-0.05, 0) is 59.5 Å². The number of sulfone groups is 1. The van der Waals surface area contributed by atoms with Crippen molar-refractivity contribution >= 4 is 27.3 Å². The van der Waals surface area contributed by atoms with Crippen LogP contribution in [0.3, 0.4) is 0 Å². The SMILES string of the molecule is CS(=O)(=O)c1ccc(-c2ccc(C[C@@H](CO)NC(=O)COc3ccc(Cl)cc3)cc2)cc1. The molecule has 3 aromatic rings. The zero-order valence-corrected chi connectivity index (χ0v) is 19.1. The molecule has 0 aromatic heterocycles. The molecule has 0 aliphatic carbocycles. The highest BCUT2D eigenvalue weighted by Gasteiger charge is 2.13. The lowest BCUT2D eigenvalue weighted by atomic mass is 10.0. The maximum atomic E-state index is 12.2. The van der Waals surface area contributed by atoms with Crippen LogP contribution in [-0.4, -0.2) is 44.9 Å².